The summed E-state index contributed by atoms with van der Waals surface area (Å²) in [5.74, 6) is -1.33. The van der Waals surface area contributed by atoms with Crippen LogP contribution in [-0.4, -0.2) is 45.7 Å². The van der Waals surface area contributed by atoms with Gasteiger partial charge in [0.1, 0.15) is 17.1 Å². The number of ketones is 1. The standard InChI is InChI=1S/C25H31NO7/c1-8-33-24(29)20-13(2)26-16-11-25(3,4)12-17(27)22(16)21(20)14-9-15(23(28)32-7)19(31-6)10-18(14)30-5/h9-10,21,26H,8,11-12H2,1-7H3. The fourth-order valence-electron chi connectivity index (χ4n) is 4.65. The van der Waals surface area contributed by atoms with E-state index in [1.54, 1.807) is 26.0 Å². The fourth-order valence-corrected chi connectivity index (χ4v) is 4.65. The summed E-state index contributed by atoms with van der Waals surface area (Å²) in [6.07, 6.45) is 0.974. The molecule has 3 rings (SSSR count). The van der Waals surface area contributed by atoms with Crippen LogP contribution in [0.3, 0.4) is 0 Å². The lowest BCUT2D eigenvalue weighted by Crippen LogP contribution is -2.38. The molecular formula is C25H31NO7. The van der Waals surface area contributed by atoms with E-state index >= 15 is 0 Å². The van der Waals surface area contributed by atoms with Crippen LogP contribution in [0.25, 0.3) is 0 Å². The Kier molecular flexibility index (Phi) is 6.86. The summed E-state index contributed by atoms with van der Waals surface area (Å²) in [6.45, 7) is 7.76. The minimum Gasteiger partial charge on any atom is -0.496 e. The highest BCUT2D eigenvalue weighted by Gasteiger charge is 2.44. The van der Waals surface area contributed by atoms with Gasteiger partial charge in [-0.1, -0.05) is 13.8 Å². The van der Waals surface area contributed by atoms with Crippen LogP contribution in [0.1, 0.15) is 62.4 Å². The molecule has 0 saturated heterocycles. The Hall–Kier alpha value is -3.29. The van der Waals surface area contributed by atoms with Crippen molar-refractivity contribution >= 4 is 17.7 Å². The van der Waals surface area contributed by atoms with Gasteiger partial charge in [0.15, 0.2) is 5.78 Å². The van der Waals surface area contributed by atoms with Crippen molar-refractivity contribution in [3.8, 4) is 11.5 Å². The largest absolute Gasteiger partial charge is 0.496 e. The minimum absolute atomic E-state index is 0.0643. The molecule has 0 radical (unpaired) electrons. The second-order valence-electron chi connectivity index (χ2n) is 8.94. The van der Waals surface area contributed by atoms with Gasteiger partial charge in [0.05, 0.1) is 39.4 Å². The number of nitrogens with one attached hydrogen (secondary N) is 1. The summed E-state index contributed by atoms with van der Waals surface area (Å²) in [7, 11) is 4.20. The Morgan fingerprint density at radius 1 is 1.06 bits per heavy atom. The van der Waals surface area contributed by atoms with Crippen LogP contribution in [-0.2, 0) is 19.1 Å². The third-order valence-electron chi connectivity index (χ3n) is 6.00. The maximum absolute atomic E-state index is 13.4. The Morgan fingerprint density at radius 2 is 1.73 bits per heavy atom. The van der Waals surface area contributed by atoms with Crippen LogP contribution < -0.4 is 14.8 Å². The lowest BCUT2D eigenvalue weighted by atomic mass is 9.68. The number of carbonyl (C=O) groups excluding carboxylic acids is 3. The number of allylic oxidation sites excluding steroid dienone is 3. The van der Waals surface area contributed by atoms with Crippen molar-refractivity contribution < 1.29 is 33.3 Å². The maximum atomic E-state index is 13.4. The number of esters is 2. The van der Waals surface area contributed by atoms with E-state index in [0.29, 0.717) is 41.0 Å². The molecule has 8 nitrogen and oxygen atoms in total. The number of benzene rings is 1. The highest BCUT2D eigenvalue weighted by atomic mass is 16.5. The van der Waals surface area contributed by atoms with Gasteiger partial charge in [-0.25, -0.2) is 9.59 Å². The predicted octanol–water partition coefficient (Wildman–Crippen LogP) is 3.66. The predicted molar refractivity (Wildman–Crippen MR) is 121 cm³/mol. The molecule has 8 heteroatoms. The smallest absolute Gasteiger partial charge is 0.341 e. The van der Waals surface area contributed by atoms with Crippen LogP contribution in [0.5, 0.6) is 11.5 Å². The molecule has 0 spiro atoms. The lowest BCUT2D eigenvalue weighted by molar-refractivity contribution is -0.138. The average Bonchev–Trinajstić information content (AvgIpc) is 2.75. The van der Waals surface area contributed by atoms with Crippen molar-refractivity contribution in [3.05, 3.63) is 45.8 Å². The zero-order valence-corrected chi connectivity index (χ0v) is 20.2. The van der Waals surface area contributed by atoms with Crippen molar-refractivity contribution in [2.75, 3.05) is 27.9 Å². The molecule has 0 amide bonds. The molecule has 178 valence electrons. The van der Waals surface area contributed by atoms with Gasteiger partial charge in [-0.3, -0.25) is 4.79 Å². The van der Waals surface area contributed by atoms with E-state index in [9.17, 15) is 14.4 Å². The topological polar surface area (TPSA) is 100 Å². The first kappa shape index (κ1) is 24.4. The Bertz CT molecular complexity index is 1060. The van der Waals surface area contributed by atoms with Crippen LogP contribution >= 0.6 is 0 Å². The monoisotopic (exact) mass is 457 g/mol. The summed E-state index contributed by atoms with van der Waals surface area (Å²) in [5, 5.41) is 3.28. The molecule has 1 atom stereocenters. The van der Waals surface area contributed by atoms with Crippen molar-refractivity contribution in [3.63, 3.8) is 0 Å². The number of Topliss-reactive ketones (excluding diaryl/α,β-unsaturated/α-hetero) is 1. The average molecular weight is 458 g/mol. The number of rotatable bonds is 6. The highest BCUT2D eigenvalue weighted by Crippen LogP contribution is 2.49. The summed E-state index contributed by atoms with van der Waals surface area (Å²) >= 11 is 0. The van der Waals surface area contributed by atoms with Crippen molar-refractivity contribution in [2.45, 2.75) is 46.5 Å². The second kappa shape index (κ2) is 9.29. The number of hydrogen-bond donors (Lipinski definition) is 1. The Morgan fingerprint density at radius 3 is 2.30 bits per heavy atom. The summed E-state index contributed by atoms with van der Waals surface area (Å²) in [6, 6.07) is 3.14. The van der Waals surface area contributed by atoms with Crippen LogP contribution in [0.2, 0.25) is 0 Å². The highest BCUT2D eigenvalue weighted by molar-refractivity contribution is 6.04. The molecule has 1 aliphatic carbocycles. The summed E-state index contributed by atoms with van der Waals surface area (Å²) in [5.41, 5.74) is 2.59. The third kappa shape index (κ3) is 4.47. The number of carbonyl (C=O) groups is 3. The normalized spacial score (nSPS) is 19.5. The molecule has 1 aromatic rings. The molecule has 0 saturated carbocycles. The molecular weight excluding hydrogens is 426 g/mol. The zero-order chi connectivity index (χ0) is 24.5. The first-order chi connectivity index (χ1) is 15.6. The van der Waals surface area contributed by atoms with E-state index in [1.165, 1.54) is 21.3 Å². The van der Waals surface area contributed by atoms with Crippen LogP contribution in [0, 0.1) is 5.41 Å². The lowest BCUT2D eigenvalue weighted by Gasteiger charge is -2.39. The van der Waals surface area contributed by atoms with E-state index in [1.807, 2.05) is 13.8 Å². The molecule has 1 aromatic carbocycles. The summed E-state index contributed by atoms with van der Waals surface area (Å²) in [4.78, 5) is 39.0. The van der Waals surface area contributed by atoms with E-state index in [-0.39, 0.29) is 29.1 Å². The maximum Gasteiger partial charge on any atom is 0.341 e. The molecule has 1 unspecified atom stereocenters. The molecule has 0 fully saturated rings. The van der Waals surface area contributed by atoms with E-state index in [0.717, 1.165) is 5.70 Å². The SMILES string of the molecule is CCOC(=O)C1=C(C)NC2=C(C(=O)CC(C)(C)C2)C1c1cc(C(=O)OC)c(OC)cc1OC. The number of methoxy groups -OCH3 is 3. The van der Waals surface area contributed by atoms with Gasteiger partial charge in [-0.15, -0.1) is 0 Å². The van der Waals surface area contributed by atoms with E-state index in [2.05, 4.69) is 5.32 Å². The van der Waals surface area contributed by atoms with Gasteiger partial charge in [-0.05, 0) is 31.7 Å². The fraction of sp³-hybridized carbons (Fsp3) is 0.480. The van der Waals surface area contributed by atoms with Gasteiger partial charge in [0.2, 0.25) is 0 Å². The van der Waals surface area contributed by atoms with E-state index < -0.39 is 17.9 Å². The zero-order valence-electron chi connectivity index (χ0n) is 20.2. The molecule has 33 heavy (non-hydrogen) atoms. The second-order valence-corrected chi connectivity index (χ2v) is 8.94. The van der Waals surface area contributed by atoms with E-state index in [4.69, 9.17) is 18.9 Å². The van der Waals surface area contributed by atoms with Gasteiger partial charge < -0.3 is 24.3 Å². The van der Waals surface area contributed by atoms with Gasteiger partial charge in [0.25, 0.3) is 0 Å². The number of hydrogen-bond acceptors (Lipinski definition) is 8. The van der Waals surface area contributed by atoms with Crippen LogP contribution in [0.15, 0.2) is 34.7 Å². The number of ether oxygens (including phenoxy) is 4. The first-order valence-electron chi connectivity index (χ1n) is 10.8. The van der Waals surface area contributed by atoms with Crippen molar-refractivity contribution in [1.29, 1.82) is 0 Å². The quantitative estimate of drug-likeness (QED) is 0.646. The molecule has 0 aromatic heterocycles. The van der Waals surface area contributed by atoms with Crippen LogP contribution in [0.4, 0.5) is 0 Å². The Balaban J connectivity index is 2.34. The molecule has 1 N–H and O–H groups in total. The first-order valence-corrected chi connectivity index (χ1v) is 10.8. The Labute approximate surface area is 193 Å². The minimum atomic E-state index is -0.770. The molecule has 1 heterocycles. The molecule has 1 aliphatic heterocycles. The number of dihydropyridines is 1. The van der Waals surface area contributed by atoms with Gasteiger partial charge >= 0.3 is 11.9 Å². The summed E-state index contributed by atoms with van der Waals surface area (Å²) < 4.78 is 21.3. The van der Waals surface area contributed by atoms with Gasteiger partial charge in [0, 0.05) is 35.0 Å². The molecule has 0 bridgehead atoms. The molecule has 2 aliphatic rings. The van der Waals surface area contributed by atoms with Crippen molar-refractivity contribution in [2.24, 2.45) is 5.41 Å². The van der Waals surface area contributed by atoms with Gasteiger partial charge in [-0.2, -0.15) is 0 Å². The third-order valence-corrected chi connectivity index (χ3v) is 6.00. The van der Waals surface area contributed by atoms with Crippen molar-refractivity contribution in [1.82, 2.24) is 5.32 Å².